The molecule has 0 bridgehead atoms. The van der Waals surface area contributed by atoms with E-state index in [1.807, 2.05) is 36.5 Å². The van der Waals surface area contributed by atoms with Crippen LogP contribution in [-0.4, -0.2) is 10.9 Å². The lowest BCUT2D eigenvalue weighted by Gasteiger charge is -2.26. The van der Waals surface area contributed by atoms with E-state index in [0.29, 0.717) is 16.9 Å². The third-order valence-corrected chi connectivity index (χ3v) is 5.05. The molecule has 1 aliphatic rings. The Labute approximate surface area is 177 Å². The second kappa shape index (κ2) is 7.65. The molecule has 152 valence electrons. The Balaban J connectivity index is 1.89. The van der Waals surface area contributed by atoms with Crippen LogP contribution >= 0.6 is 0 Å². The predicted molar refractivity (Wildman–Crippen MR) is 116 cm³/mol. The summed E-state index contributed by atoms with van der Waals surface area (Å²) in [5.74, 6) is 0.206. The number of nitrogens with zero attached hydrogens (tertiary/aromatic N) is 4. The van der Waals surface area contributed by atoms with Crippen LogP contribution in [0.15, 0.2) is 47.5 Å². The molecule has 2 heterocycles. The Bertz CT molecular complexity index is 1320. The van der Waals surface area contributed by atoms with Crippen molar-refractivity contribution in [1.29, 1.82) is 10.5 Å². The van der Waals surface area contributed by atoms with Crippen molar-refractivity contribution in [3.05, 3.63) is 70.5 Å². The van der Waals surface area contributed by atoms with Crippen LogP contribution in [0.5, 0.6) is 0 Å². The third kappa shape index (κ3) is 3.45. The van der Waals surface area contributed by atoms with E-state index in [2.05, 4.69) is 20.6 Å². The number of fused-ring (bicyclic) bond motifs is 1. The van der Waals surface area contributed by atoms with Crippen LogP contribution in [0.25, 0.3) is 11.1 Å². The second-order valence-corrected chi connectivity index (χ2v) is 6.99. The number of anilines is 3. The van der Waals surface area contributed by atoms with Crippen molar-refractivity contribution < 1.29 is 4.39 Å². The number of benzene rings is 2. The maximum atomic E-state index is 13.7. The number of nitrogen functional groups attached to an aromatic ring is 2. The SMILES string of the molecule is Cc1cc(-c2cccc(C3N=C(NC#N)Nc4nc(N)c(C#N)c(N)c43)c2)ccc1F. The van der Waals surface area contributed by atoms with Crippen molar-refractivity contribution in [1.82, 2.24) is 10.3 Å². The number of nitrogens with one attached hydrogen (secondary N) is 2. The standard InChI is InChI=1S/C22H17FN8/c1-11-7-13(5-6-16(11)23)12-3-2-4-14(8-12)19-17-18(26)15(9-24)20(27)30-21(17)31-22(29-19)28-10-25/h2-8,19H,1H3,(H6,26,27,28,29,30,31). The topological polar surface area (TPSA) is 149 Å². The molecule has 0 saturated heterocycles. The van der Waals surface area contributed by atoms with Crippen LogP contribution in [0.1, 0.15) is 28.3 Å². The molecule has 0 spiro atoms. The van der Waals surface area contributed by atoms with E-state index in [4.69, 9.17) is 16.7 Å². The minimum atomic E-state index is -0.645. The molecule has 1 aromatic heterocycles. The predicted octanol–water partition coefficient (Wildman–Crippen LogP) is 3.17. The molecule has 1 atom stereocenters. The van der Waals surface area contributed by atoms with Gasteiger partial charge < -0.3 is 16.8 Å². The van der Waals surface area contributed by atoms with Crippen molar-refractivity contribution >= 4 is 23.3 Å². The number of aromatic nitrogens is 1. The van der Waals surface area contributed by atoms with Crippen molar-refractivity contribution in [2.75, 3.05) is 16.8 Å². The Kier molecular flexibility index (Phi) is 4.86. The van der Waals surface area contributed by atoms with Gasteiger partial charge in [-0.1, -0.05) is 24.3 Å². The molecule has 6 N–H and O–H groups in total. The smallest absolute Gasteiger partial charge is 0.211 e. The summed E-state index contributed by atoms with van der Waals surface area (Å²) < 4.78 is 13.7. The lowest BCUT2D eigenvalue weighted by atomic mass is 9.92. The molecule has 8 nitrogen and oxygen atoms in total. The number of hydrogen-bond acceptors (Lipinski definition) is 8. The molecule has 4 rings (SSSR count). The highest BCUT2D eigenvalue weighted by Crippen LogP contribution is 2.41. The maximum Gasteiger partial charge on any atom is 0.211 e. The molecule has 0 saturated carbocycles. The average Bonchev–Trinajstić information content (AvgIpc) is 2.75. The van der Waals surface area contributed by atoms with Gasteiger partial charge in [-0.25, -0.2) is 14.4 Å². The molecule has 0 fully saturated rings. The first-order chi connectivity index (χ1) is 14.9. The van der Waals surface area contributed by atoms with E-state index in [9.17, 15) is 9.65 Å². The van der Waals surface area contributed by atoms with Gasteiger partial charge in [0.05, 0.1) is 5.69 Å². The molecular formula is C22H17FN8. The number of halogens is 1. The highest BCUT2D eigenvalue weighted by Gasteiger charge is 2.29. The Hall–Kier alpha value is -4.63. The van der Waals surface area contributed by atoms with Gasteiger partial charge in [-0.05, 0) is 47.4 Å². The lowest BCUT2D eigenvalue weighted by molar-refractivity contribution is 0.619. The monoisotopic (exact) mass is 412 g/mol. The molecule has 31 heavy (non-hydrogen) atoms. The van der Waals surface area contributed by atoms with Gasteiger partial charge in [0.15, 0.2) is 6.19 Å². The summed E-state index contributed by atoms with van der Waals surface area (Å²) in [6.45, 7) is 1.70. The number of rotatable bonds is 2. The lowest BCUT2D eigenvalue weighted by Crippen LogP contribution is -2.32. The summed E-state index contributed by atoms with van der Waals surface area (Å²) in [6, 6.07) is 13.7. The highest BCUT2D eigenvalue weighted by molar-refractivity contribution is 5.98. The van der Waals surface area contributed by atoms with Gasteiger partial charge in [0.2, 0.25) is 5.96 Å². The Morgan fingerprint density at radius 3 is 2.61 bits per heavy atom. The quantitative estimate of drug-likeness (QED) is 0.373. The van der Waals surface area contributed by atoms with Crippen molar-refractivity contribution in [3.63, 3.8) is 0 Å². The van der Waals surface area contributed by atoms with Crippen LogP contribution in [-0.2, 0) is 0 Å². The number of pyridine rings is 1. The average molecular weight is 412 g/mol. The van der Waals surface area contributed by atoms with Crippen LogP contribution < -0.4 is 22.1 Å². The van der Waals surface area contributed by atoms with Gasteiger partial charge in [-0.2, -0.15) is 10.5 Å². The molecule has 2 aromatic carbocycles. The molecule has 1 aliphatic heterocycles. The van der Waals surface area contributed by atoms with E-state index in [-0.39, 0.29) is 28.8 Å². The molecule has 0 amide bonds. The Morgan fingerprint density at radius 1 is 1.13 bits per heavy atom. The summed E-state index contributed by atoms with van der Waals surface area (Å²) in [5.41, 5.74) is 15.9. The third-order valence-electron chi connectivity index (χ3n) is 5.05. The number of guanidine groups is 1. The summed E-state index contributed by atoms with van der Waals surface area (Å²) in [7, 11) is 0. The summed E-state index contributed by atoms with van der Waals surface area (Å²) in [4.78, 5) is 8.80. The van der Waals surface area contributed by atoms with Crippen LogP contribution in [0, 0.1) is 35.5 Å². The van der Waals surface area contributed by atoms with Crippen molar-refractivity contribution in [2.45, 2.75) is 13.0 Å². The highest BCUT2D eigenvalue weighted by atomic mass is 19.1. The van der Waals surface area contributed by atoms with Crippen molar-refractivity contribution in [2.24, 2.45) is 4.99 Å². The van der Waals surface area contributed by atoms with Gasteiger partial charge in [-0.15, -0.1) is 0 Å². The normalized spacial score (nSPS) is 14.5. The van der Waals surface area contributed by atoms with Crippen molar-refractivity contribution in [3.8, 4) is 23.4 Å². The number of nitriles is 2. The minimum absolute atomic E-state index is 0.0151. The second-order valence-electron chi connectivity index (χ2n) is 6.99. The summed E-state index contributed by atoms with van der Waals surface area (Å²) in [5, 5.41) is 23.8. The zero-order chi connectivity index (χ0) is 22.1. The molecule has 0 radical (unpaired) electrons. The zero-order valence-corrected chi connectivity index (χ0v) is 16.4. The maximum absolute atomic E-state index is 13.7. The van der Waals surface area contributed by atoms with E-state index < -0.39 is 6.04 Å². The first-order valence-corrected chi connectivity index (χ1v) is 9.28. The van der Waals surface area contributed by atoms with Gasteiger partial charge >= 0.3 is 0 Å². The fraction of sp³-hybridized carbons (Fsp3) is 0.0909. The van der Waals surface area contributed by atoms with Gasteiger partial charge in [0.1, 0.15) is 35.1 Å². The Morgan fingerprint density at radius 2 is 1.90 bits per heavy atom. The number of nitrogens with two attached hydrogens (primary N) is 2. The molecule has 9 heteroatoms. The minimum Gasteiger partial charge on any atom is -0.397 e. The number of hydrogen-bond donors (Lipinski definition) is 4. The van der Waals surface area contributed by atoms with Crippen LogP contribution in [0.4, 0.5) is 21.7 Å². The van der Waals surface area contributed by atoms with E-state index in [1.54, 1.807) is 19.1 Å². The molecule has 0 aliphatic carbocycles. The van der Waals surface area contributed by atoms with E-state index in [0.717, 1.165) is 16.7 Å². The van der Waals surface area contributed by atoms with Gasteiger partial charge in [0.25, 0.3) is 0 Å². The molecular weight excluding hydrogens is 395 g/mol. The van der Waals surface area contributed by atoms with Gasteiger partial charge in [0, 0.05) is 5.56 Å². The van der Waals surface area contributed by atoms with Crippen LogP contribution in [0.2, 0.25) is 0 Å². The number of aliphatic imine (C=N–C) groups is 1. The van der Waals surface area contributed by atoms with Gasteiger partial charge in [-0.3, -0.25) is 5.32 Å². The zero-order valence-electron chi connectivity index (χ0n) is 16.4. The summed E-state index contributed by atoms with van der Waals surface area (Å²) in [6.07, 6.45) is 1.82. The fourth-order valence-corrected chi connectivity index (χ4v) is 3.53. The molecule has 3 aromatic rings. The van der Waals surface area contributed by atoms with E-state index in [1.165, 1.54) is 6.07 Å². The fourth-order valence-electron chi connectivity index (χ4n) is 3.53. The first kappa shape index (κ1) is 19.7. The molecule has 1 unspecified atom stereocenters. The van der Waals surface area contributed by atoms with E-state index >= 15 is 0 Å². The largest absolute Gasteiger partial charge is 0.397 e. The summed E-state index contributed by atoms with van der Waals surface area (Å²) >= 11 is 0. The van der Waals surface area contributed by atoms with Crippen LogP contribution in [0.3, 0.4) is 0 Å². The first-order valence-electron chi connectivity index (χ1n) is 9.28. The number of aryl methyl sites for hydroxylation is 1.